The molecule has 1 aliphatic rings. The van der Waals surface area contributed by atoms with E-state index >= 15 is 0 Å². The summed E-state index contributed by atoms with van der Waals surface area (Å²) < 4.78 is 28.0. The minimum absolute atomic E-state index is 0.182. The van der Waals surface area contributed by atoms with E-state index in [1.165, 1.54) is 4.90 Å². The van der Waals surface area contributed by atoms with Crippen molar-refractivity contribution in [1.29, 1.82) is 0 Å². The lowest BCUT2D eigenvalue weighted by molar-refractivity contribution is -0.147. The molecule has 0 amide bonds. The molecule has 0 aromatic carbocycles. The molecule has 0 spiro atoms. The summed E-state index contributed by atoms with van der Waals surface area (Å²) in [6.45, 7) is 12.1. The Kier molecular flexibility index (Phi) is 3.65. The maximum atomic E-state index is 14.0. The molecule has 4 heteroatoms. The van der Waals surface area contributed by atoms with Crippen molar-refractivity contribution in [3.8, 4) is 0 Å². The van der Waals surface area contributed by atoms with Crippen LogP contribution in [0.15, 0.2) is 0 Å². The van der Waals surface area contributed by atoms with E-state index in [1.54, 1.807) is 0 Å². The molecule has 16 heavy (non-hydrogen) atoms. The van der Waals surface area contributed by atoms with E-state index in [-0.39, 0.29) is 18.6 Å². The molecule has 2 nitrogen and oxygen atoms in total. The van der Waals surface area contributed by atoms with Crippen LogP contribution in [0, 0.1) is 0 Å². The molecule has 0 radical (unpaired) electrons. The van der Waals surface area contributed by atoms with Gasteiger partial charge in [-0.25, -0.2) is 13.7 Å². The Morgan fingerprint density at radius 1 is 0.812 bits per heavy atom. The largest absolute Gasteiger partial charge is 0.290 e. The van der Waals surface area contributed by atoms with Crippen LogP contribution < -0.4 is 0 Å². The minimum Gasteiger partial charge on any atom is -0.290 e. The van der Waals surface area contributed by atoms with Gasteiger partial charge in [0.2, 0.25) is 0 Å². The SMILES string of the molecule is CC(C)(C)N1CC(F)N(C(C)(C)C)C(F)C1. The fourth-order valence-electron chi connectivity index (χ4n) is 2.18. The van der Waals surface area contributed by atoms with Crippen molar-refractivity contribution in [1.82, 2.24) is 9.80 Å². The molecule has 1 saturated heterocycles. The number of alkyl halides is 2. The smallest absolute Gasteiger partial charge is 0.169 e. The third kappa shape index (κ3) is 2.92. The molecule has 0 aromatic rings. The lowest BCUT2D eigenvalue weighted by atomic mass is 10.00. The van der Waals surface area contributed by atoms with Crippen LogP contribution in [-0.2, 0) is 0 Å². The highest BCUT2D eigenvalue weighted by molar-refractivity contribution is 4.91. The van der Waals surface area contributed by atoms with E-state index in [4.69, 9.17) is 0 Å². The molecule has 2 atom stereocenters. The van der Waals surface area contributed by atoms with Gasteiger partial charge in [0.1, 0.15) is 0 Å². The van der Waals surface area contributed by atoms with E-state index in [1.807, 2.05) is 46.4 Å². The first kappa shape index (κ1) is 13.8. The van der Waals surface area contributed by atoms with Crippen molar-refractivity contribution >= 4 is 0 Å². The molecule has 0 aromatic heterocycles. The van der Waals surface area contributed by atoms with Gasteiger partial charge in [-0.15, -0.1) is 0 Å². The molecule has 0 N–H and O–H groups in total. The Morgan fingerprint density at radius 2 is 1.19 bits per heavy atom. The van der Waals surface area contributed by atoms with Gasteiger partial charge in [0.25, 0.3) is 0 Å². The van der Waals surface area contributed by atoms with Gasteiger partial charge in [-0.1, -0.05) is 0 Å². The highest BCUT2D eigenvalue weighted by atomic mass is 19.2. The number of piperazine rings is 1. The van der Waals surface area contributed by atoms with Crippen LogP contribution in [-0.4, -0.2) is 46.6 Å². The van der Waals surface area contributed by atoms with Crippen LogP contribution in [0.25, 0.3) is 0 Å². The zero-order valence-electron chi connectivity index (χ0n) is 11.2. The number of nitrogens with zero attached hydrogens (tertiary/aromatic N) is 2. The second kappa shape index (κ2) is 4.22. The predicted molar refractivity (Wildman–Crippen MR) is 62.7 cm³/mol. The summed E-state index contributed by atoms with van der Waals surface area (Å²) in [6, 6.07) is 0. The Hall–Kier alpha value is -0.220. The first-order valence-corrected chi connectivity index (χ1v) is 5.85. The van der Waals surface area contributed by atoms with E-state index < -0.39 is 18.1 Å². The van der Waals surface area contributed by atoms with Crippen LogP contribution in [0.5, 0.6) is 0 Å². The molecule has 1 rings (SSSR count). The highest BCUT2D eigenvalue weighted by Crippen LogP contribution is 2.30. The number of hydrogen-bond acceptors (Lipinski definition) is 2. The van der Waals surface area contributed by atoms with Gasteiger partial charge >= 0.3 is 0 Å². The maximum absolute atomic E-state index is 14.0. The Bertz CT molecular complexity index is 230. The maximum Gasteiger partial charge on any atom is 0.169 e. The lowest BCUT2D eigenvalue weighted by Gasteiger charge is -2.49. The molecule has 0 saturated carbocycles. The summed E-state index contributed by atoms with van der Waals surface area (Å²) >= 11 is 0. The molecule has 1 fully saturated rings. The van der Waals surface area contributed by atoms with Gasteiger partial charge in [0.15, 0.2) is 12.6 Å². The average molecular weight is 234 g/mol. The molecule has 96 valence electrons. The summed E-state index contributed by atoms with van der Waals surface area (Å²) in [7, 11) is 0. The van der Waals surface area contributed by atoms with Gasteiger partial charge in [-0.05, 0) is 41.5 Å². The van der Waals surface area contributed by atoms with Gasteiger partial charge in [-0.3, -0.25) is 4.90 Å². The Balaban J connectivity index is 2.80. The van der Waals surface area contributed by atoms with Gasteiger partial charge in [-0.2, -0.15) is 0 Å². The van der Waals surface area contributed by atoms with E-state index in [2.05, 4.69) is 0 Å². The van der Waals surface area contributed by atoms with Crippen molar-refractivity contribution in [3.63, 3.8) is 0 Å². The molecular weight excluding hydrogens is 210 g/mol. The van der Waals surface area contributed by atoms with Gasteiger partial charge in [0, 0.05) is 24.2 Å². The summed E-state index contributed by atoms with van der Waals surface area (Å²) in [5.41, 5.74) is -0.651. The average Bonchev–Trinajstić information content (AvgIpc) is 1.97. The second-order valence-corrected chi connectivity index (χ2v) is 6.52. The third-order valence-corrected chi connectivity index (χ3v) is 3.07. The number of rotatable bonds is 0. The van der Waals surface area contributed by atoms with Crippen LogP contribution in [0.1, 0.15) is 41.5 Å². The fraction of sp³-hybridized carbons (Fsp3) is 1.00. The van der Waals surface area contributed by atoms with E-state index in [0.717, 1.165) is 0 Å². The van der Waals surface area contributed by atoms with Crippen LogP contribution in [0.2, 0.25) is 0 Å². The summed E-state index contributed by atoms with van der Waals surface area (Å²) in [6.07, 6.45) is -2.47. The van der Waals surface area contributed by atoms with Crippen LogP contribution in [0.4, 0.5) is 8.78 Å². The van der Waals surface area contributed by atoms with Crippen LogP contribution in [0.3, 0.4) is 0 Å². The Morgan fingerprint density at radius 3 is 1.44 bits per heavy atom. The molecule has 0 aliphatic carbocycles. The van der Waals surface area contributed by atoms with Gasteiger partial charge in [0.05, 0.1) is 0 Å². The normalized spacial score (nSPS) is 30.8. The molecule has 1 heterocycles. The zero-order valence-corrected chi connectivity index (χ0v) is 11.2. The first-order chi connectivity index (χ1) is 7.03. The monoisotopic (exact) mass is 234 g/mol. The lowest BCUT2D eigenvalue weighted by Crippen LogP contribution is -2.64. The van der Waals surface area contributed by atoms with Crippen molar-refractivity contribution in [2.45, 2.75) is 65.2 Å². The van der Waals surface area contributed by atoms with Crippen molar-refractivity contribution < 1.29 is 8.78 Å². The predicted octanol–water partition coefficient (Wildman–Crippen LogP) is 2.79. The second-order valence-electron chi connectivity index (χ2n) is 6.52. The summed E-state index contributed by atoms with van der Waals surface area (Å²) in [4.78, 5) is 3.19. The van der Waals surface area contributed by atoms with Crippen LogP contribution >= 0.6 is 0 Å². The van der Waals surface area contributed by atoms with Gasteiger partial charge < -0.3 is 0 Å². The summed E-state index contributed by atoms with van der Waals surface area (Å²) in [5, 5.41) is 0. The van der Waals surface area contributed by atoms with E-state index in [9.17, 15) is 8.78 Å². The highest BCUT2D eigenvalue weighted by Gasteiger charge is 2.43. The zero-order chi connectivity index (χ0) is 12.7. The van der Waals surface area contributed by atoms with Crippen molar-refractivity contribution in [2.24, 2.45) is 0 Å². The van der Waals surface area contributed by atoms with E-state index in [0.29, 0.717) is 0 Å². The topological polar surface area (TPSA) is 6.48 Å². The first-order valence-electron chi connectivity index (χ1n) is 5.85. The number of hydrogen-bond donors (Lipinski definition) is 0. The fourth-order valence-corrected chi connectivity index (χ4v) is 2.18. The molecular formula is C12H24F2N2. The summed E-state index contributed by atoms with van der Waals surface area (Å²) in [5.74, 6) is 0. The van der Waals surface area contributed by atoms with Crippen molar-refractivity contribution in [2.75, 3.05) is 13.1 Å². The number of halogens is 2. The standard InChI is InChI=1S/C12H24F2N2/c1-11(2,3)15-7-9(13)16(10(14)8-15)12(4,5)6/h9-10H,7-8H2,1-6H3. The molecule has 0 bridgehead atoms. The van der Waals surface area contributed by atoms with Crippen molar-refractivity contribution in [3.05, 3.63) is 0 Å². The molecule has 1 aliphatic heterocycles. The molecule has 2 unspecified atom stereocenters. The third-order valence-electron chi connectivity index (χ3n) is 3.07. The Labute approximate surface area is 97.6 Å². The minimum atomic E-state index is -1.23. The quantitative estimate of drug-likeness (QED) is 0.595.